The maximum absolute atomic E-state index is 12.4. The van der Waals surface area contributed by atoms with Crippen molar-refractivity contribution in [2.75, 3.05) is 11.9 Å². The minimum absolute atomic E-state index is 0. The molecule has 0 bridgehead atoms. The first kappa shape index (κ1) is 14.9. The maximum Gasteiger partial charge on any atom is 0.227 e. The van der Waals surface area contributed by atoms with Gasteiger partial charge in [0.15, 0.2) is 0 Å². The van der Waals surface area contributed by atoms with Gasteiger partial charge in [0, 0.05) is 23.0 Å². The molecule has 4 N–H and O–H groups in total. The molecule has 1 aliphatic carbocycles. The Labute approximate surface area is 124 Å². The van der Waals surface area contributed by atoms with Crippen molar-refractivity contribution in [2.45, 2.75) is 19.3 Å². The number of carbonyl (C=O) groups excluding carboxylic acids is 1. The van der Waals surface area contributed by atoms with E-state index in [-0.39, 0.29) is 24.2 Å². The second kappa shape index (κ2) is 6.29. The molecule has 5 heteroatoms. The summed E-state index contributed by atoms with van der Waals surface area (Å²) in [6.07, 6.45) is 5.02. The molecule has 0 saturated heterocycles. The number of nitrogens with one attached hydrogen (secondary N) is 2. The van der Waals surface area contributed by atoms with E-state index >= 15 is 0 Å². The van der Waals surface area contributed by atoms with E-state index in [1.54, 1.807) is 0 Å². The van der Waals surface area contributed by atoms with E-state index in [1.807, 2.05) is 30.5 Å². The molecule has 2 aromatic rings. The molecule has 1 fully saturated rings. The minimum atomic E-state index is 0. The summed E-state index contributed by atoms with van der Waals surface area (Å²) in [4.78, 5) is 15.5. The molecule has 1 saturated carbocycles. The standard InChI is InChI=1S/C15H19N3O.ClH/c16-9-10-3-1-4-11(10)15(19)18-14-6-2-5-13-12(14)7-8-17-13;/h2,5-8,10-11,17H,1,3-4,9,16H2,(H,18,19);1H/t10-,11-;/m1./s1. The lowest BCUT2D eigenvalue weighted by molar-refractivity contribution is -0.120. The van der Waals surface area contributed by atoms with Crippen molar-refractivity contribution < 1.29 is 4.79 Å². The summed E-state index contributed by atoms with van der Waals surface area (Å²) in [5.74, 6) is 0.520. The molecule has 1 amide bonds. The zero-order valence-corrected chi connectivity index (χ0v) is 12.1. The third-order valence-electron chi connectivity index (χ3n) is 4.15. The van der Waals surface area contributed by atoms with Gasteiger partial charge in [0.25, 0.3) is 0 Å². The number of hydrogen-bond donors (Lipinski definition) is 3. The topological polar surface area (TPSA) is 70.9 Å². The first-order valence-electron chi connectivity index (χ1n) is 6.86. The molecular formula is C15H20ClN3O. The van der Waals surface area contributed by atoms with Crippen molar-refractivity contribution >= 4 is 34.9 Å². The predicted molar refractivity (Wildman–Crippen MR) is 84.1 cm³/mol. The van der Waals surface area contributed by atoms with Gasteiger partial charge in [0.1, 0.15) is 0 Å². The molecule has 4 nitrogen and oxygen atoms in total. The lowest BCUT2D eigenvalue weighted by atomic mass is 9.95. The number of fused-ring (bicyclic) bond motifs is 1. The fourth-order valence-corrected chi connectivity index (χ4v) is 3.08. The first-order chi connectivity index (χ1) is 9.29. The van der Waals surface area contributed by atoms with Gasteiger partial charge in [-0.05, 0) is 43.5 Å². The second-order valence-corrected chi connectivity index (χ2v) is 5.27. The highest BCUT2D eigenvalue weighted by Gasteiger charge is 2.32. The van der Waals surface area contributed by atoms with Crippen molar-refractivity contribution in [3.05, 3.63) is 30.5 Å². The zero-order valence-electron chi connectivity index (χ0n) is 11.3. The summed E-state index contributed by atoms with van der Waals surface area (Å²) >= 11 is 0. The van der Waals surface area contributed by atoms with Crippen LogP contribution >= 0.6 is 12.4 Å². The first-order valence-corrected chi connectivity index (χ1v) is 6.86. The van der Waals surface area contributed by atoms with Crippen LogP contribution in [0.4, 0.5) is 5.69 Å². The Morgan fingerprint density at radius 1 is 1.35 bits per heavy atom. The molecule has 1 heterocycles. The number of H-pyrrole nitrogens is 1. The van der Waals surface area contributed by atoms with Crippen molar-refractivity contribution in [1.82, 2.24) is 4.98 Å². The lowest BCUT2D eigenvalue weighted by Gasteiger charge is -2.17. The van der Waals surface area contributed by atoms with Gasteiger partial charge in [-0.2, -0.15) is 0 Å². The molecule has 3 rings (SSSR count). The highest BCUT2D eigenvalue weighted by molar-refractivity contribution is 6.02. The van der Waals surface area contributed by atoms with Crippen LogP contribution in [0.5, 0.6) is 0 Å². The van der Waals surface area contributed by atoms with Crippen molar-refractivity contribution in [2.24, 2.45) is 17.6 Å². The van der Waals surface area contributed by atoms with Gasteiger partial charge in [-0.1, -0.05) is 12.5 Å². The van der Waals surface area contributed by atoms with E-state index in [4.69, 9.17) is 5.73 Å². The molecule has 0 aliphatic heterocycles. The number of benzene rings is 1. The summed E-state index contributed by atoms with van der Waals surface area (Å²) in [6, 6.07) is 7.88. The summed E-state index contributed by atoms with van der Waals surface area (Å²) < 4.78 is 0. The number of nitrogens with two attached hydrogens (primary N) is 1. The number of hydrogen-bond acceptors (Lipinski definition) is 2. The van der Waals surface area contributed by atoms with E-state index in [1.165, 1.54) is 0 Å². The predicted octanol–water partition coefficient (Wildman–Crippen LogP) is 2.90. The van der Waals surface area contributed by atoms with E-state index in [9.17, 15) is 4.79 Å². The van der Waals surface area contributed by atoms with Crippen LogP contribution in [0.25, 0.3) is 10.9 Å². The van der Waals surface area contributed by atoms with E-state index in [2.05, 4.69) is 10.3 Å². The minimum Gasteiger partial charge on any atom is -0.361 e. The van der Waals surface area contributed by atoms with Gasteiger partial charge >= 0.3 is 0 Å². The van der Waals surface area contributed by atoms with Crippen LogP contribution in [0.2, 0.25) is 0 Å². The molecule has 108 valence electrons. The average molecular weight is 294 g/mol. The van der Waals surface area contributed by atoms with Crippen LogP contribution < -0.4 is 11.1 Å². The van der Waals surface area contributed by atoms with Gasteiger partial charge in [-0.15, -0.1) is 12.4 Å². The Kier molecular flexibility index (Phi) is 4.68. The quantitative estimate of drug-likeness (QED) is 0.814. The highest BCUT2D eigenvalue weighted by atomic mass is 35.5. The lowest BCUT2D eigenvalue weighted by Crippen LogP contribution is -2.29. The molecule has 0 spiro atoms. The number of rotatable bonds is 3. The summed E-state index contributed by atoms with van der Waals surface area (Å²) in [5, 5.41) is 4.12. The van der Waals surface area contributed by atoms with Crippen LogP contribution in [-0.2, 0) is 4.79 Å². The number of aromatic nitrogens is 1. The molecule has 20 heavy (non-hydrogen) atoms. The molecule has 0 radical (unpaired) electrons. The Morgan fingerprint density at radius 2 is 2.20 bits per heavy atom. The number of amides is 1. The average Bonchev–Trinajstić information content (AvgIpc) is 3.07. The SMILES string of the molecule is Cl.NC[C@H]1CCC[C@H]1C(=O)Nc1cccc2[nH]ccc12. The van der Waals surface area contributed by atoms with E-state index in [0.717, 1.165) is 35.9 Å². The highest BCUT2D eigenvalue weighted by Crippen LogP contribution is 2.32. The zero-order chi connectivity index (χ0) is 13.2. The summed E-state index contributed by atoms with van der Waals surface area (Å²) in [7, 11) is 0. The maximum atomic E-state index is 12.4. The number of anilines is 1. The number of halogens is 1. The van der Waals surface area contributed by atoms with Crippen molar-refractivity contribution in [1.29, 1.82) is 0 Å². The Balaban J connectivity index is 0.00000147. The third-order valence-corrected chi connectivity index (χ3v) is 4.15. The van der Waals surface area contributed by atoms with Gasteiger partial charge in [-0.3, -0.25) is 4.79 Å². The largest absolute Gasteiger partial charge is 0.361 e. The fraction of sp³-hybridized carbons (Fsp3) is 0.400. The third kappa shape index (κ3) is 2.67. The molecular weight excluding hydrogens is 274 g/mol. The Morgan fingerprint density at radius 3 is 3.00 bits per heavy atom. The van der Waals surface area contributed by atoms with Gasteiger partial charge < -0.3 is 16.0 Å². The molecule has 1 aromatic carbocycles. The van der Waals surface area contributed by atoms with Crippen LogP contribution in [0, 0.1) is 11.8 Å². The van der Waals surface area contributed by atoms with Crippen molar-refractivity contribution in [3.63, 3.8) is 0 Å². The summed E-state index contributed by atoms with van der Waals surface area (Å²) in [5.41, 5.74) is 7.67. The van der Waals surface area contributed by atoms with E-state index in [0.29, 0.717) is 12.5 Å². The number of aromatic amines is 1. The van der Waals surface area contributed by atoms with Crippen LogP contribution in [0.1, 0.15) is 19.3 Å². The van der Waals surface area contributed by atoms with Crippen molar-refractivity contribution in [3.8, 4) is 0 Å². The summed E-state index contributed by atoms with van der Waals surface area (Å²) in [6.45, 7) is 0.604. The van der Waals surface area contributed by atoms with Crippen LogP contribution in [0.15, 0.2) is 30.5 Å². The molecule has 2 atom stereocenters. The van der Waals surface area contributed by atoms with E-state index < -0.39 is 0 Å². The Hall–Kier alpha value is -1.52. The van der Waals surface area contributed by atoms with Crippen LogP contribution in [-0.4, -0.2) is 17.4 Å². The molecule has 0 unspecified atom stereocenters. The molecule has 1 aliphatic rings. The van der Waals surface area contributed by atoms with Crippen LogP contribution in [0.3, 0.4) is 0 Å². The number of carbonyl (C=O) groups is 1. The monoisotopic (exact) mass is 293 g/mol. The van der Waals surface area contributed by atoms with Gasteiger partial charge in [-0.25, -0.2) is 0 Å². The van der Waals surface area contributed by atoms with Gasteiger partial charge in [0.2, 0.25) is 5.91 Å². The molecule has 1 aromatic heterocycles. The Bertz CT molecular complexity index is 596. The smallest absolute Gasteiger partial charge is 0.227 e. The second-order valence-electron chi connectivity index (χ2n) is 5.27. The fourth-order valence-electron chi connectivity index (χ4n) is 3.08. The van der Waals surface area contributed by atoms with Gasteiger partial charge in [0.05, 0.1) is 5.69 Å². The normalized spacial score (nSPS) is 21.6.